The molecule has 0 unspecified atom stereocenters. The van der Waals surface area contributed by atoms with E-state index in [1.807, 2.05) is 5.40 Å². The van der Waals surface area contributed by atoms with Crippen molar-refractivity contribution in [1.82, 2.24) is 0 Å². The van der Waals surface area contributed by atoms with Crippen LogP contribution in [-0.2, 0) is 9.53 Å². The Labute approximate surface area is 158 Å². The van der Waals surface area contributed by atoms with Gasteiger partial charge in [0, 0.05) is 15.6 Å². The van der Waals surface area contributed by atoms with Gasteiger partial charge < -0.3 is 10.1 Å². The molecule has 2 rings (SSSR count). The second-order valence-corrected chi connectivity index (χ2v) is 6.62. The summed E-state index contributed by atoms with van der Waals surface area (Å²) in [7, 11) is 0. The van der Waals surface area contributed by atoms with Crippen molar-refractivity contribution in [2.24, 2.45) is 0 Å². The lowest BCUT2D eigenvalue weighted by atomic mass is 10.2. The number of thioether (sulfide) groups is 1. The Morgan fingerprint density at radius 1 is 1.24 bits per heavy atom. The molecular weight excluding hydrogens is 383 g/mol. The van der Waals surface area contributed by atoms with Gasteiger partial charge in [-0.05, 0) is 60.6 Å². The Hall–Kier alpha value is -2.20. The molecule has 0 radical (unpaired) electrons. The van der Waals surface area contributed by atoms with Crippen LogP contribution < -0.4 is 5.32 Å². The lowest BCUT2D eigenvalue weighted by Crippen LogP contribution is -2.21. The highest BCUT2D eigenvalue weighted by molar-refractivity contribution is 8.03. The van der Waals surface area contributed by atoms with Gasteiger partial charge in [0.25, 0.3) is 5.91 Å². The molecule has 0 aliphatic heterocycles. The van der Waals surface area contributed by atoms with Crippen molar-refractivity contribution in [1.29, 1.82) is 5.26 Å². The molecule has 2 aromatic rings. The van der Waals surface area contributed by atoms with Crippen molar-refractivity contribution in [3.05, 3.63) is 57.6 Å². The van der Waals surface area contributed by atoms with Crippen molar-refractivity contribution in [2.75, 3.05) is 11.9 Å². The van der Waals surface area contributed by atoms with Crippen LogP contribution in [0.15, 0.2) is 41.3 Å². The van der Waals surface area contributed by atoms with Crippen molar-refractivity contribution in [3.8, 4) is 5.40 Å². The smallest absolute Gasteiger partial charge is 0.340 e. The summed E-state index contributed by atoms with van der Waals surface area (Å²) in [4.78, 5) is 24.7. The van der Waals surface area contributed by atoms with Crippen LogP contribution in [-0.4, -0.2) is 18.5 Å². The molecule has 8 heteroatoms. The highest BCUT2D eigenvalue weighted by Gasteiger charge is 2.14. The summed E-state index contributed by atoms with van der Waals surface area (Å²) >= 11 is 12.7. The zero-order chi connectivity index (χ0) is 18.4. The van der Waals surface area contributed by atoms with E-state index >= 15 is 0 Å². The summed E-state index contributed by atoms with van der Waals surface area (Å²) in [6, 6.07) is 9.54. The van der Waals surface area contributed by atoms with E-state index in [0.29, 0.717) is 10.7 Å². The highest BCUT2D eigenvalue weighted by Crippen LogP contribution is 2.24. The number of hydrogen-bond acceptors (Lipinski definition) is 5. The minimum Gasteiger partial charge on any atom is -0.452 e. The molecule has 0 aromatic heterocycles. The topological polar surface area (TPSA) is 79.2 Å². The van der Waals surface area contributed by atoms with Crippen molar-refractivity contribution >= 4 is 52.5 Å². The van der Waals surface area contributed by atoms with Crippen molar-refractivity contribution in [3.63, 3.8) is 0 Å². The van der Waals surface area contributed by atoms with Crippen LogP contribution in [0.4, 0.5) is 5.69 Å². The number of rotatable bonds is 5. The number of ether oxygens (including phenoxy) is 1. The van der Waals surface area contributed by atoms with E-state index in [-0.39, 0.29) is 10.6 Å². The average molecular weight is 395 g/mol. The third-order valence-electron chi connectivity index (χ3n) is 3.12. The number of anilines is 1. The van der Waals surface area contributed by atoms with Crippen LogP contribution in [0.1, 0.15) is 15.9 Å². The molecule has 0 saturated heterocycles. The summed E-state index contributed by atoms with van der Waals surface area (Å²) < 4.78 is 4.96. The standard InChI is InChI=1S/C17H12Cl2N2O3S/c1-10-6-12(25-9-20)3-5-15(10)21-16(22)8-24-17(23)13-4-2-11(18)7-14(13)19/h2-7H,8H2,1H3,(H,21,22). The van der Waals surface area contributed by atoms with Crippen LogP contribution in [0.2, 0.25) is 10.0 Å². The van der Waals surface area contributed by atoms with E-state index in [1.165, 1.54) is 18.2 Å². The number of thiocyanates is 1. The third kappa shape index (κ3) is 5.40. The first-order chi connectivity index (χ1) is 11.9. The zero-order valence-corrected chi connectivity index (χ0v) is 15.3. The van der Waals surface area contributed by atoms with Gasteiger partial charge in [0.1, 0.15) is 5.40 Å². The van der Waals surface area contributed by atoms with Gasteiger partial charge in [-0.1, -0.05) is 23.2 Å². The van der Waals surface area contributed by atoms with E-state index in [9.17, 15) is 9.59 Å². The molecule has 1 amide bonds. The first-order valence-corrected chi connectivity index (χ1v) is 8.56. The number of aryl methyl sites for hydroxylation is 1. The first kappa shape index (κ1) is 19.1. The maximum absolute atomic E-state index is 12.0. The highest BCUT2D eigenvalue weighted by atomic mass is 35.5. The monoisotopic (exact) mass is 394 g/mol. The molecule has 1 N–H and O–H groups in total. The Kier molecular flexibility index (Phi) is 6.71. The second-order valence-electron chi connectivity index (χ2n) is 4.92. The summed E-state index contributed by atoms with van der Waals surface area (Å²) in [5.41, 5.74) is 1.50. The van der Waals surface area contributed by atoms with Crippen LogP contribution in [0.3, 0.4) is 0 Å². The molecule has 25 heavy (non-hydrogen) atoms. The van der Waals surface area contributed by atoms with Gasteiger partial charge in [0.2, 0.25) is 0 Å². The number of carbonyl (C=O) groups excluding carboxylic acids is 2. The number of benzene rings is 2. The largest absolute Gasteiger partial charge is 0.452 e. The van der Waals surface area contributed by atoms with Crippen LogP contribution in [0.5, 0.6) is 0 Å². The van der Waals surface area contributed by atoms with Gasteiger partial charge in [0.15, 0.2) is 6.61 Å². The second kappa shape index (κ2) is 8.77. The van der Waals surface area contributed by atoms with Gasteiger partial charge >= 0.3 is 5.97 Å². The number of carbonyl (C=O) groups is 2. The molecule has 0 bridgehead atoms. The van der Waals surface area contributed by atoms with Crippen LogP contribution in [0, 0.1) is 17.6 Å². The number of amides is 1. The number of nitriles is 1. The van der Waals surface area contributed by atoms with Gasteiger partial charge in [0.05, 0.1) is 10.6 Å². The summed E-state index contributed by atoms with van der Waals surface area (Å²) in [6.07, 6.45) is 0. The fourth-order valence-corrected chi connectivity index (χ4v) is 2.91. The van der Waals surface area contributed by atoms with E-state index in [0.717, 1.165) is 22.2 Å². The van der Waals surface area contributed by atoms with E-state index < -0.39 is 18.5 Å². The van der Waals surface area contributed by atoms with Gasteiger partial charge in [-0.15, -0.1) is 0 Å². The zero-order valence-electron chi connectivity index (χ0n) is 13.0. The predicted molar refractivity (Wildman–Crippen MR) is 98.0 cm³/mol. The van der Waals surface area contributed by atoms with Gasteiger partial charge in [-0.2, -0.15) is 5.26 Å². The maximum Gasteiger partial charge on any atom is 0.340 e. The Balaban J connectivity index is 1.94. The SMILES string of the molecule is Cc1cc(SC#N)ccc1NC(=O)COC(=O)c1ccc(Cl)cc1Cl. The molecule has 0 atom stereocenters. The lowest BCUT2D eigenvalue weighted by Gasteiger charge is -2.10. The van der Waals surface area contributed by atoms with E-state index in [4.69, 9.17) is 33.2 Å². The van der Waals surface area contributed by atoms with Crippen molar-refractivity contribution < 1.29 is 14.3 Å². The molecule has 5 nitrogen and oxygen atoms in total. The predicted octanol–water partition coefficient (Wildman–Crippen LogP) is 4.67. The van der Waals surface area contributed by atoms with E-state index in [2.05, 4.69) is 5.32 Å². The average Bonchev–Trinajstić information content (AvgIpc) is 2.55. The Morgan fingerprint density at radius 2 is 2.00 bits per heavy atom. The minimum atomic E-state index is -0.714. The fraction of sp³-hybridized carbons (Fsp3) is 0.118. The number of halogens is 2. The molecule has 0 aliphatic carbocycles. The lowest BCUT2D eigenvalue weighted by molar-refractivity contribution is -0.119. The number of nitrogens with one attached hydrogen (secondary N) is 1. The molecule has 0 heterocycles. The fourth-order valence-electron chi connectivity index (χ4n) is 1.94. The first-order valence-electron chi connectivity index (χ1n) is 6.99. The summed E-state index contributed by atoms with van der Waals surface area (Å²) in [6.45, 7) is 1.35. The number of nitrogens with zero attached hydrogens (tertiary/aromatic N) is 1. The summed E-state index contributed by atoms with van der Waals surface area (Å²) in [5, 5.41) is 13.8. The molecule has 0 fully saturated rings. The summed E-state index contributed by atoms with van der Waals surface area (Å²) in [5.74, 6) is -1.20. The Morgan fingerprint density at radius 3 is 2.64 bits per heavy atom. The molecule has 0 saturated carbocycles. The normalized spacial score (nSPS) is 10.0. The van der Waals surface area contributed by atoms with E-state index in [1.54, 1.807) is 25.1 Å². The molecular formula is C17H12Cl2N2O3S. The number of esters is 1. The minimum absolute atomic E-state index is 0.132. The van der Waals surface area contributed by atoms with Gasteiger partial charge in [-0.3, -0.25) is 4.79 Å². The maximum atomic E-state index is 12.0. The van der Waals surface area contributed by atoms with Crippen molar-refractivity contribution in [2.45, 2.75) is 11.8 Å². The molecule has 0 spiro atoms. The molecule has 2 aromatic carbocycles. The van der Waals surface area contributed by atoms with Crippen LogP contribution in [0.25, 0.3) is 0 Å². The Bertz CT molecular complexity index is 865. The third-order valence-corrected chi connectivity index (χ3v) is 4.25. The van der Waals surface area contributed by atoms with Gasteiger partial charge in [-0.25, -0.2) is 4.79 Å². The van der Waals surface area contributed by atoms with Crippen LogP contribution >= 0.6 is 35.0 Å². The molecule has 0 aliphatic rings. The number of hydrogen-bond donors (Lipinski definition) is 1. The molecule has 128 valence electrons. The quantitative estimate of drug-likeness (QED) is 0.452.